The fourth-order valence-electron chi connectivity index (χ4n) is 0.867. The second-order valence-electron chi connectivity index (χ2n) is 2.85. The Balaban J connectivity index is 2.45. The maximum absolute atomic E-state index is 10.7. The molecule has 6 nitrogen and oxygen atoms in total. The second-order valence-corrected chi connectivity index (χ2v) is 2.85. The summed E-state index contributed by atoms with van der Waals surface area (Å²) in [5, 5.41) is 11.0. The Morgan fingerprint density at radius 2 is 2.20 bits per heavy atom. The number of carbonyl (C=O) groups excluding carboxylic acids is 1. The summed E-state index contributed by atoms with van der Waals surface area (Å²) >= 11 is 0. The Kier molecular flexibility index (Phi) is 4.49. The summed E-state index contributed by atoms with van der Waals surface area (Å²) in [5.41, 5.74) is 0. The number of carbonyl (C=O) groups is 1. The van der Waals surface area contributed by atoms with Gasteiger partial charge in [0.2, 0.25) is 11.9 Å². The summed E-state index contributed by atoms with van der Waals surface area (Å²) in [6.07, 6.45) is 3.50. The van der Waals surface area contributed by atoms with Gasteiger partial charge in [-0.3, -0.25) is 10.1 Å². The highest BCUT2D eigenvalue weighted by atomic mass is 16.5. The van der Waals surface area contributed by atoms with E-state index in [0.29, 0.717) is 18.8 Å². The Bertz CT molecular complexity index is 313. The van der Waals surface area contributed by atoms with Gasteiger partial charge in [0.15, 0.2) is 5.75 Å². The Morgan fingerprint density at radius 1 is 1.53 bits per heavy atom. The lowest BCUT2D eigenvalue weighted by Gasteiger charge is -2.04. The number of amides is 1. The lowest BCUT2D eigenvalue weighted by Crippen LogP contribution is -2.09. The quantitative estimate of drug-likeness (QED) is 0.679. The van der Waals surface area contributed by atoms with Gasteiger partial charge in [0.05, 0.1) is 19.0 Å². The van der Waals surface area contributed by atoms with Crippen molar-refractivity contribution in [3.8, 4) is 5.75 Å². The van der Waals surface area contributed by atoms with Crippen LogP contribution in [0.1, 0.15) is 13.3 Å². The van der Waals surface area contributed by atoms with E-state index < -0.39 is 0 Å². The van der Waals surface area contributed by atoms with Gasteiger partial charge in [-0.1, -0.05) is 0 Å². The van der Waals surface area contributed by atoms with Crippen molar-refractivity contribution in [2.24, 2.45) is 0 Å². The molecule has 0 aliphatic carbocycles. The third kappa shape index (κ3) is 4.37. The number of nitrogens with zero attached hydrogens (tertiary/aromatic N) is 2. The number of ether oxygens (including phenoxy) is 1. The minimum absolute atomic E-state index is 0.0881. The number of aromatic nitrogens is 2. The molecule has 1 aromatic rings. The van der Waals surface area contributed by atoms with Crippen molar-refractivity contribution in [3.63, 3.8) is 0 Å². The van der Waals surface area contributed by atoms with Crippen molar-refractivity contribution in [1.29, 1.82) is 0 Å². The normalized spacial score (nSPS) is 9.73. The van der Waals surface area contributed by atoms with Crippen LogP contribution in [0.3, 0.4) is 0 Å². The minimum Gasteiger partial charge on any atom is -0.490 e. The lowest BCUT2D eigenvalue weighted by atomic mass is 10.5. The van der Waals surface area contributed by atoms with Crippen molar-refractivity contribution >= 4 is 11.9 Å². The second kappa shape index (κ2) is 5.92. The van der Waals surface area contributed by atoms with Crippen molar-refractivity contribution < 1.29 is 14.6 Å². The van der Waals surface area contributed by atoms with E-state index in [1.54, 1.807) is 0 Å². The predicted molar refractivity (Wildman–Crippen MR) is 53.5 cm³/mol. The first-order chi connectivity index (χ1) is 7.22. The summed E-state index contributed by atoms with van der Waals surface area (Å²) in [7, 11) is 0. The van der Waals surface area contributed by atoms with Gasteiger partial charge < -0.3 is 9.84 Å². The largest absolute Gasteiger partial charge is 0.490 e. The molecule has 15 heavy (non-hydrogen) atoms. The number of aliphatic hydroxyl groups excluding tert-OH is 1. The van der Waals surface area contributed by atoms with Gasteiger partial charge in [-0.15, -0.1) is 0 Å². The molecule has 0 bridgehead atoms. The fraction of sp³-hybridized carbons (Fsp3) is 0.444. The average Bonchev–Trinajstić information content (AvgIpc) is 2.20. The van der Waals surface area contributed by atoms with Crippen LogP contribution in [0.25, 0.3) is 0 Å². The molecule has 1 rings (SSSR count). The first-order valence-corrected chi connectivity index (χ1v) is 4.55. The van der Waals surface area contributed by atoms with Gasteiger partial charge in [0.25, 0.3) is 0 Å². The van der Waals surface area contributed by atoms with Gasteiger partial charge in [-0.25, -0.2) is 9.97 Å². The smallest absolute Gasteiger partial charge is 0.229 e. The summed E-state index contributed by atoms with van der Waals surface area (Å²) in [6, 6.07) is 0. The average molecular weight is 211 g/mol. The van der Waals surface area contributed by atoms with Crippen LogP contribution in [0.5, 0.6) is 5.75 Å². The summed E-state index contributed by atoms with van der Waals surface area (Å²) in [4.78, 5) is 18.4. The van der Waals surface area contributed by atoms with Gasteiger partial charge in [0.1, 0.15) is 0 Å². The fourth-order valence-corrected chi connectivity index (χ4v) is 0.867. The zero-order valence-corrected chi connectivity index (χ0v) is 8.43. The van der Waals surface area contributed by atoms with Crippen LogP contribution in [0.2, 0.25) is 0 Å². The topological polar surface area (TPSA) is 84.3 Å². The van der Waals surface area contributed by atoms with Crippen LogP contribution in [0.15, 0.2) is 12.4 Å². The highest BCUT2D eigenvalue weighted by Crippen LogP contribution is 2.08. The molecular formula is C9H13N3O3. The molecule has 0 saturated heterocycles. The van der Waals surface area contributed by atoms with Crippen LogP contribution in [0, 0.1) is 0 Å². The van der Waals surface area contributed by atoms with Crippen LogP contribution >= 0.6 is 0 Å². The Labute approximate surface area is 87.3 Å². The number of rotatable bonds is 5. The molecule has 1 heterocycles. The highest BCUT2D eigenvalue weighted by Gasteiger charge is 1.99. The molecule has 0 aromatic carbocycles. The number of hydrogen-bond donors (Lipinski definition) is 2. The maximum Gasteiger partial charge on any atom is 0.229 e. The number of aliphatic hydroxyl groups is 1. The van der Waals surface area contributed by atoms with E-state index in [-0.39, 0.29) is 18.5 Å². The van der Waals surface area contributed by atoms with Crippen molar-refractivity contribution in [1.82, 2.24) is 9.97 Å². The molecule has 2 N–H and O–H groups in total. The van der Waals surface area contributed by atoms with E-state index in [0.717, 1.165) is 0 Å². The van der Waals surface area contributed by atoms with Gasteiger partial charge in [-0.2, -0.15) is 0 Å². The molecule has 0 saturated carbocycles. The number of nitrogens with one attached hydrogen (secondary N) is 1. The van der Waals surface area contributed by atoms with Gasteiger partial charge in [-0.05, 0) is 0 Å². The van der Waals surface area contributed by atoms with E-state index in [9.17, 15) is 4.79 Å². The maximum atomic E-state index is 10.7. The third-order valence-corrected chi connectivity index (χ3v) is 1.49. The summed E-state index contributed by atoms with van der Waals surface area (Å²) in [5.74, 6) is 0.540. The van der Waals surface area contributed by atoms with E-state index in [4.69, 9.17) is 9.84 Å². The molecule has 82 valence electrons. The molecule has 0 aliphatic heterocycles. The number of anilines is 1. The molecule has 1 amide bonds. The minimum atomic E-state index is -0.219. The number of hydrogen-bond acceptors (Lipinski definition) is 5. The third-order valence-electron chi connectivity index (χ3n) is 1.49. The molecule has 0 fully saturated rings. The highest BCUT2D eigenvalue weighted by molar-refractivity contribution is 5.86. The molecular weight excluding hydrogens is 198 g/mol. The van der Waals surface area contributed by atoms with E-state index in [2.05, 4.69) is 15.3 Å². The first kappa shape index (κ1) is 11.4. The molecule has 0 spiro atoms. The molecule has 0 atom stereocenters. The summed E-state index contributed by atoms with van der Waals surface area (Å²) < 4.78 is 5.21. The molecule has 6 heteroatoms. The van der Waals surface area contributed by atoms with Crippen LogP contribution in [-0.4, -0.2) is 34.2 Å². The van der Waals surface area contributed by atoms with Crippen LogP contribution in [-0.2, 0) is 4.79 Å². The van der Waals surface area contributed by atoms with Crippen molar-refractivity contribution in [2.75, 3.05) is 18.5 Å². The summed E-state index contributed by atoms with van der Waals surface area (Å²) in [6.45, 7) is 1.89. The molecule has 0 radical (unpaired) electrons. The molecule has 0 aliphatic rings. The zero-order chi connectivity index (χ0) is 11.1. The van der Waals surface area contributed by atoms with E-state index in [1.165, 1.54) is 19.3 Å². The molecule has 0 unspecified atom stereocenters. The standard InChI is InChI=1S/C9H13N3O3/c1-7(14)12-9-10-5-8(6-11-9)15-4-2-3-13/h5-6,13H,2-4H2,1H3,(H,10,11,12,14). The van der Waals surface area contributed by atoms with Crippen molar-refractivity contribution in [2.45, 2.75) is 13.3 Å². The Hall–Kier alpha value is -1.69. The molecule has 1 aromatic heterocycles. The van der Waals surface area contributed by atoms with E-state index in [1.807, 2.05) is 0 Å². The predicted octanol–water partition coefficient (Wildman–Crippen LogP) is 0.196. The van der Waals surface area contributed by atoms with Crippen LogP contribution < -0.4 is 10.1 Å². The van der Waals surface area contributed by atoms with Gasteiger partial charge in [0, 0.05) is 20.0 Å². The van der Waals surface area contributed by atoms with Gasteiger partial charge >= 0.3 is 0 Å². The van der Waals surface area contributed by atoms with Crippen LogP contribution in [0.4, 0.5) is 5.95 Å². The first-order valence-electron chi connectivity index (χ1n) is 4.55. The van der Waals surface area contributed by atoms with E-state index >= 15 is 0 Å². The lowest BCUT2D eigenvalue weighted by molar-refractivity contribution is -0.114. The monoisotopic (exact) mass is 211 g/mol. The zero-order valence-electron chi connectivity index (χ0n) is 8.43. The Morgan fingerprint density at radius 3 is 2.73 bits per heavy atom. The SMILES string of the molecule is CC(=O)Nc1ncc(OCCCO)cn1. The van der Waals surface area contributed by atoms with Crippen molar-refractivity contribution in [3.05, 3.63) is 12.4 Å².